The van der Waals surface area contributed by atoms with Crippen molar-refractivity contribution in [2.24, 2.45) is 0 Å². The van der Waals surface area contributed by atoms with Gasteiger partial charge in [-0.15, -0.1) is 0 Å². The summed E-state index contributed by atoms with van der Waals surface area (Å²) in [5.74, 6) is -0.450. The van der Waals surface area contributed by atoms with Crippen LogP contribution in [0.5, 0.6) is 5.75 Å². The van der Waals surface area contributed by atoms with Gasteiger partial charge in [-0.1, -0.05) is 6.42 Å². The molecule has 0 amide bonds. The molecule has 5 unspecified atom stereocenters. The molecule has 222 valence electrons. The van der Waals surface area contributed by atoms with Gasteiger partial charge >= 0.3 is 13.7 Å². The molecule has 7 atom stereocenters. The molecule has 1 saturated carbocycles. The first kappa shape index (κ1) is 29.5. The third kappa shape index (κ3) is 6.58. The Morgan fingerprint density at radius 1 is 1.17 bits per heavy atom. The normalized spacial score (nSPS) is 26.4. The third-order valence-corrected chi connectivity index (χ3v) is 9.02. The summed E-state index contributed by atoms with van der Waals surface area (Å²) in [7, 11) is -4.29. The molecule has 0 spiro atoms. The van der Waals surface area contributed by atoms with E-state index in [2.05, 4.69) is 25.0 Å². The Morgan fingerprint density at radius 3 is 2.68 bits per heavy atom. The average molecular weight is 591 g/mol. The Morgan fingerprint density at radius 2 is 1.95 bits per heavy atom. The van der Waals surface area contributed by atoms with Crippen LogP contribution in [0.2, 0.25) is 0 Å². The maximum atomic E-state index is 14.0. The molecule has 1 aliphatic heterocycles. The fourth-order valence-corrected chi connectivity index (χ4v) is 6.77. The number of aliphatic hydroxyl groups is 2. The van der Waals surface area contributed by atoms with Crippen molar-refractivity contribution in [3.05, 3.63) is 42.9 Å². The van der Waals surface area contributed by atoms with Gasteiger partial charge in [0.05, 0.1) is 24.3 Å². The van der Waals surface area contributed by atoms with Gasteiger partial charge < -0.3 is 24.2 Å². The summed E-state index contributed by atoms with van der Waals surface area (Å²) in [5, 5.41) is 24.4. The van der Waals surface area contributed by atoms with Crippen molar-refractivity contribution in [1.82, 2.24) is 29.6 Å². The van der Waals surface area contributed by atoms with E-state index in [4.69, 9.17) is 18.5 Å². The highest BCUT2D eigenvalue weighted by Crippen LogP contribution is 2.48. The molecular weight excluding hydrogens is 555 g/mol. The number of carbonyl (C=O) groups excluding carboxylic acids is 1. The molecule has 5 rings (SSSR count). The van der Waals surface area contributed by atoms with Crippen molar-refractivity contribution >= 4 is 24.9 Å². The summed E-state index contributed by atoms with van der Waals surface area (Å²) in [6.07, 6.45) is 4.08. The molecule has 4 heterocycles. The average Bonchev–Trinajstić information content (AvgIpc) is 3.51. The van der Waals surface area contributed by atoms with Crippen molar-refractivity contribution in [3.63, 3.8) is 0 Å². The number of carbonyl (C=O) groups is 1. The molecule has 2 fully saturated rings. The van der Waals surface area contributed by atoms with E-state index in [-0.39, 0.29) is 11.9 Å². The van der Waals surface area contributed by atoms with Crippen LogP contribution in [0, 0.1) is 6.92 Å². The highest BCUT2D eigenvalue weighted by molar-refractivity contribution is 7.52. The Balaban J connectivity index is 1.32. The second-order valence-electron chi connectivity index (χ2n) is 10.4. The molecule has 14 nitrogen and oxygen atoms in total. The molecule has 0 aromatic carbocycles. The van der Waals surface area contributed by atoms with E-state index < -0.39 is 50.4 Å². The molecular formula is C26H35N6O8P. The number of nitrogens with one attached hydrogen (secondary N) is 1. The molecule has 2 aliphatic rings. The van der Waals surface area contributed by atoms with Crippen LogP contribution in [-0.4, -0.2) is 77.2 Å². The summed E-state index contributed by atoms with van der Waals surface area (Å²) < 4.78 is 38.7. The van der Waals surface area contributed by atoms with Gasteiger partial charge in [0.15, 0.2) is 11.9 Å². The van der Waals surface area contributed by atoms with Crippen molar-refractivity contribution in [1.29, 1.82) is 0 Å². The predicted molar refractivity (Wildman–Crippen MR) is 145 cm³/mol. The second-order valence-corrected chi connectivity index (χ2v) is 12.0. The molecule has 1 saturated heterocycles. The number of rotatable bonds is 10. The van der Waals surface area contributed by atoms with Gasteiger partial charge in [-0.05, 0) is 58.6 Å². The van der Waals surface area contributed by atoms with Gasteiger partial charge in [-0.3, -0.25) is 18.9 Å². The topological polar surface area (TPSA) is 180 Å². The number of fused-ring (bicyclic) bond motifs is 1. The van der Waals surface area contributed by atoms with E-state index in [1.165, 1.54) is 49.5 Å². The highest BCUT2D eigenvalue weighted by atomic mass is 31.2. The molecule has 3 aromatic rings. The largest absolute Gasteiger partial charge is 0.461 e. The van der Waals surface area contributed by atoms with E-state index >= 15 is 0 Å². The quantitative estimate of drug-likeness (QED) is 0.232. The van der Waals surface area contributed by atoms with Crippen molar-refractivity contribution in [2.75, 3.05) is 0 Å². The number of hydrogen-bond donors (Lipinski definition) is 3. The molecule has 3 aromatic heterocycles. The summed E-state index contributed by atoms with van der Waals surface area (Å²) in [6.45, 7) is 4.81. The lowest BCUT2D eigenvalue weighted by molar-refractivity contribution is -0.152. The number of aryl methyl sites for hydroxylation is 1. The van der Waals surface area contributed by atoms with Crippen LogP contribution < -0.4 is 9.61 Å². The number of imidazole rings is 1. The first-order chi connectivity index (χ1) is 19.6. The van der Waals surface area contributed by atoms with Crippen molar-refractivity contribution in [2.45, 2.75) is 95.7 Å². The Labute approximate surface area is 237 Å². The van der Waals surface area contributed by atoms with E-state index in [1.807, 2.05) is 0 Å². The number of nitrogens with zero attached hydrogens (tertiary/aromatic N) is 5. The third-order valence-electron chi connectivity index (χ3n) is 7.26. The van der Waals surface area contributed by atoms with Crippen LogP contribution in [0.1, 0.15) is 57.9 Å². The Bertz CT molecular complexity index is 1390. The number of hydrogen-bond acceptors (Lipinski definition) is 12. The minimum Gasteiger partial charge on any atom is -0.461 e. The van der Waals surface area contributed by atoms with Gasteiger partial charge in [0.25, 0.3) is 0 Å². The maximum absolute atomic E-state index is 14.0. The van der Waals surface area contributed by atoms with Gasteiger partial charge in [-0.2, -0.15) is 5.09 Å². The summed E-state index contributed by atoms with van der Waals surface area (Å²) in [4.78, 5) is 29.5. The fraction of sp³-hybridized carbons (Fsp3) is 0.577. The Kier molecular flexibility index (Phi) is 8.97. The minimum atomic E-state index is -4.29. The van der Waals surface area contributed by atoms with E-state index in [0.717, 1.165) is 32.1 Å². The van der Waals surface area contributed by atoms with Crippen LogP contribution in [0.4, 0.5) is 0 Å². The maximum Gasteiger partial charge on any atom is 0.459 e. The smallest absolute Gasteiger partial charge is 0.459 e. The van der Waals surface area contributed by atoms with Gasteiger partial charge in [0.1, 0.15) is 48.1 Å². The van der Waals surface area contributed by atoms with Crippen LogP contribution in [-0.2, 0) is 23.4 Å². The summed E-state index contributed by atoms with van der Waals surface area (Å²) in [6, 6.07) is 2.09. The fourth-order valence-electron chi connectivity index (χ4n) is 5.09. The molecule has 3 N–H and O–H groups in total. The van der Waals surface area contributed by atoms with Crippen molar-refractivity contribution < 1.29 is 38.1 Å². The van der Waals surface area contributed by atoms with Crippen molar-refractivity contribution in [3.8, 4) is 5.75 Å². The SMILES string of the molecule is Cc1ncnc2c1ncn2C1OC(C(C)OP(=O)(NC(C)C(=O)OC2CCCCC2)Oc2cccnc2)[C@@H](O)[C@H]1O. The van der Waals surface area contributed by atoms with E-state index in [9.17, 15) is 19.6 Å². The predicted octanol–water partition coefficient (Wildman–Crippen LogP) is 2.60. The zero-order chi connectivity index (χ0) is 29.1. The number of pyridine rings is 1. The monoisotopic (exact) mass is 590 g/mol. The lowest BCUT2D eigenvalue weighted by atomic mass is 9.98. The zero-order valence-electron chi connectivity index (χ0n) is 23.1. The van der Waals surface area contributed by atoms with Crippen LogP contribution in [0.3, 0.4) is 0 Å². The van der Waals surface area contributed by atoms with Gasteiger partial charge in [-0.25, -0.2) is 19.5 Å². The van der Waals surface area contributed by atoms with Crippen LogP contribution in [0.15, 0.2) is 37.2 Å². The zero-order valence-corrected chi connectivity index (χ0v) is 24.0. The minimum absolute atomic E-state index is 0.133. The van der Waals surface area contributed by atoms with Crippen LogP contribution in [0.25, 0.3) is 11.2 Å². The lowest BCUT2D eigenvalue weighted by Crippen LogP contribution is -2.41. The number of aromatic nitrogens is 5. The Hall–Kier alpha value is -3.00. The number of ether oxygens (including phenoxy) is 2. The molecule has 0 bridgehead atoms. The summed E-state index contributed by atoms with van der Waals surface area (Å²) in [5.41, 5.74) is 1.59. The summed E-state index contributed by atoms with van der Waals surface area (Å²) >= 11 is 0. The molecule has 15 heteroatoms. The van der Waals surface area contributed by atoms with E-state index in [0.29, 0.717) is 16.9 Å². The standard InChI is InChI=1S/C26H35N6O8P/c1-15-20-24(29-13-28-15)32(14-30-20)25-22(34)21(33)23(38-25)17(3)39-41(36,40-19-10-7-11-27-12-19)31-16(2)26(35)37-18-8-5-4-6-9-18/h7,10-14,16-18,21-23,25,33-34H,4-6,8-9H2,1-3H3,(H,31,36)/t16?,17?,21-,22+,23?,25?,41?/m0/s1. The highest BCUT2D eigenvalue weighted by Gasteiger charge is 2.49. The first-order valence-corrected chi connectivity index (χ1v) is 15.2. The van der Waals surface area contributed by atoms with E-state index in [1.54, 1.807) is 13.0 Å². The number of aliphatic hydroxyl groups excluding tert-OH is 2. The van der Waals surface area contributed by atoms with Gasteiger partial charge in [0, 0.05) is 6.20 Å². The molecule has 41 heavy (non-hydrogen) atoms. The lowest BCUT2D eigenvalue weighted by Gasteiger charge is -2.29. The number of esters is 1. The molecule has 1 aliphatic carbocycles. The van der Waals surface area contributed by atoms with Gasteiger partial charge in [0.2, 0.25) is 0 Å². The first-order valence-electron chi connectivity index (χ1n) is 13.7. The molecule has 0 radical (unpaired) electrons. The van der Waals surface area contributed by atoms with Crippen LogP contribution >= 0.6 is 7.75 Å². The second kappa shape index (κ2) is 12.5.